The molecule has 0 fully saturated rings. The molecule has 0 atom stereocenters. The molecular weight excluding hydrogens is 458 g/mol. The summed E-state index contributed by atoms with van der Waals surface area (Å²) in [6, 6.07) is 24.7. The smallest absolute Gasteiger partial charge is 0.230 e. The lowest BCUT2D eigenvalue weighted by Gasteiger charge is -2.19. The molecule has 0 radical (unpaired) electrons. The van der Waals surface area contributed by atoms with Crippen LogP contribution in [0.2, 0.25) is 0 Å². The van der Waals surface area contributed by atoms with Crippen molar-refractivity contribution >= 4 is 23.4 Å². The van der Waals surface area contributed by atoms with Gasteiger partial charge in [-0.3, -0.25) is 9.36 Å². The summed E-state index contributed by atoms with van der Waals surface area (Å²) in [5.41, 5.74) is 6.02. The molecule has 4 aromatic rings. The van der Waals surface area contributed by atoms with Gasteiger partial charge in [0.2, 0.25) is 5.91 Å². The first-order chi connectivity index (χ1) is 17.2. The van der Waals surface area contributed by atoms with Crippen molar-refractivity contribution in [3.8, 4) is 11.4 Å². The van der Waals surface area contributed by atoms with E-state index in [4.69, 9.17) is 4.74 Å². The average Bonchev–Trinajstić information content (AvgIpc) is 3.54. The van der Waals surface area contributed by atoms with Crippen molar-refractivity contribution in [2.45, 2.75) is 24.7 Å². The van der Waals surface area contributed by atoms with Gasteiger partial charge in [0.15, 0.2) is 5.16 Å². The van der Waals surface area contributed by atoms with Crippen LogP contribution in [-0.4, -0.2) is 40.1 Å². The zero-order valence-corrected chi connectivity index (χ0v) is 20.4. The zero-order valence-electron chi connectivity index (χ0n) is 19.6. The summed E-state index contributed by atoms with van der Waals surface area (Å²) in [7, 11) is 1.63. The van der Waals surface area contributed by atoms with Crippen LogP contribution in [0.15, 0.2) is 84.3 Å². The zero-order chi connectivity index (χ0) is 24.0. The number of thioether (sulfide) groups is 1. The van der Waals surface area contributed by atoms with E-state index >= 15 is 0 Å². The quantitative estimate of drug-likeness (QED) is 0.358. The molecule has 0 bridgehead atoms. The van der Waals surface area contributed by atoms with Gasteiger partial charge in [-0.15, -0.1) is 10.2 Å². The molecule has 1 aliphatic rings. The number of carbonyl (C=O) groups excluding carboxylic acids is 1. The van der Waals surface area contributed by atoms with Crippen LogP contribution in [0.25, 0.3) is 5.69 Å². The molecule has 35 heavy (non-hydrogen) atoms. The number of ether oxygens (including phenoxy) is 1. The first-order valence-corrected chi connectivity index (χ1v) is 12.5. The minimum atomic E-state index is -0.0444. The van der Waals surface area contributed by atoms with Gasteiger partial charge in [0.1, 0.15) is 12.1 Å². The van der Waals surface area contributed by atoms with E-state index in [1.54, 1.807) is 13.4 Å². The molecule has 0 aliphatic carbocycles. The highest BCUT2D eigenvalue weighted by molar-refractivity contribution is 7.99. The highest BCUT2D eigenvalue weighted by Gasteiger charge is 2.18. The Morgan fingerprint density at radius 3 is 2.60 bits per heavy atom. The molecule has 3 aromatic carbocycles. The minimum Gasteiger partial charge on any atom is -0.497 e. The minimum absolute atomic E-state index is 0.0444. The normalized spacial score (nSPS) is 12.4. The van der Waals surface area contributed by atoms with Crippen LogP contribution in [0.5, 0.6) is 5.75 Å². The van der Waals surface area contributed by atoms with Gasteiger partial charge in [-0.25, -0.2) is 0 Å². The third kappa shape index (κ3) is 5.49. The molecule has 1 N–H and O–H groups in total. The molecule has 7 nitrogen and oxygen atoms in total. The molecule has 8 heteroatoms. The second kappa shape index (κ2) is 10.7. The van der Waals surface area contributed by atoms with Crippen LogP contribution in [0, 0.1) is 0 Å². The largest absolute Gasteiger partial charge is 0.497 e. The van der Waals surface area contributed by atoms with Gasteiger partial charge in [0.25, 0.3) is 0 Å². The lowest BCUT2D eigenvalue weighted by Crippen LogP contribution is -2.24. The first kappa shape index (κ1) is 23.0. The molecule has 5 rings (SSSR count). The summed E-state index contributed by atoms with van der Waals surface area (Å²) in [5, 5.41) is 11.8. The number of amides is 1. The van der Waals surface area contributed by atoms with Crippen molar-refractivity contribution in [1.82, 2.24) is 20.1 Å². The number of anilines is 1. The highest BCUT2D eigenvalue weighted by atomic mass is 32.2. The van der Waals surface area contributed by atoms with E-state index in [2.05, 4.69) is 68.9 Å². The third-order valence-electron chi connectivity index (χ3n) is 6.07. The van der Waals surface area contributed by atoms with Crippen LogP contribution in [0.1, 0.15) is 16.7 Å². The number of rotatable bonds is 9. The monoisotopic (exact) mass is 485 g/mol. The van der Waals surface area contributed by atoms with Gasteiger partial charge in [-0.05, 0) is 53.4 Å². The van der Waals surface area contributed by atoms with Crippen molar-refractivity contribution in [3.63, 3.8) is 0 Å². The van der Waals surface area contributed by atoms with Crippen LogP contribution in [0.4, 0.5) is 5.69 Å². The van der Waals surface area contributed by atoms with E-state index < -0.39 is 0 Å². The number of benzene rings is 3. The maximum atomic E-state index is 12.4. The number of fused-ring (bicyclic) bond motifs is 1. The molecule has 1 aliphatic heterocycles. The Morgan fingerprint density at radius 2 is 1.80 bits per heavy atom. The average molecular weight is 486 g/mol. The summed E-state index contributed by atoms with van der Waals surface area (Å²) in [6.07, 6.45) is 2.75. The Labute approximate surface area is 209 Å². The van der Waals surface area contributed by atoms with Gasteiger partial charge in [0.05, 0.1) is 12.9 Å². The maximum Gasteiger partial charge on any atom is 0.230 e. The molecule has 178 valence electrons. The number of hydrogen-bond acceptors (Lipinski definition) is 6. The predicted octanol–water partition coefficient (Wildman–Crippen LogP) is 4.25. The predicted molar refractivity (Wildman–Crippen MR) is 138 cm³/mol. The Hall–Kier alpha value is -3.78. The summed E-state index contributed by atoms with van der Waals surface area (Å²) >= 11 is 1.36. The fourth-order valence-electron chi connectivity index (χ4n) is 4.18. The maximum absolute atomic E-state index is 12.4. The van der Waals surface area contributed by atoms with Crippen LogP contribution in [-0.2, 0) is 24.3 Å². The lowest BCUT2D eigenvalue weighted by atomic mass is 10.1. The standard InChI is InChI=1S/C27H27N5O2S/c1-34-24-12-10-23(11-13-24)32-19-29-30-27(32)35-18-26(33)28-16-20-6-8-21(9-7-20)17-31-15-14-22-4-2-3-5-25(22)31/h2-13,19H,14-18H2,1H3,(H,28,33). The highest BCUT2D eigenvalue weighted by Crippen LogP contribution is 2.29. The summed E-state index contributed by atoms with van der Waals surface area (Å²) in [4.78, 5) is 14.9. The molecule has 0 spiro atoms. The fourth-order valence-corrected chi connectivity index (χ4v) is 4.94. The van der Waals surface area contributed by atoms with Crippen LogP contribution < -0.4 is 15.0 Å². The van der Waals surface area contributed by atoms with E-state index in [-0.39, 0.29) is 11.7 Å². The van der Waals surface area contributed by atoms with Gasteiger partial charge in [-0.2, -0.15) is 0 Å². The van der Waals surface area contributed by atoms with E-state index in [9.17, 15) is 4.79 Å². The molecule has 0 saturated carbocycles. The molecule has 2 heterocycles. The molecule has 1 aromatic heterocycles. The fraction of sp³-hybridized carbons (Fsp3) is 0.222. The number of nitrogens with one attached hydrogen (secondary N) is 1. The Morgan fingerprint density at radius 1 is 1.03 bits per heavy atom. The lowest BCUT2D eigenvalue weighted by molar-refractivity contribution is -0.118. The number of nitrogens with zero attached hydrogens (tertiary/aromatic N) is 4. The summed E-state index contributed by atoms with van der Waals surface area (Å²) in [5.74, 6) is 1.00. The Bertz CT molecular complexity index is 1290. The van der Waals surface area contributed by atoms with Crippen molar-refractivity contribution in [2.75, 3.05) is 24.3 Å². The van der Waals surface area contributed by atoms with Gasteiger partial charge < -0.3 is 15.0 Å². The van der Waals surface area contributed by atoms with E-state index in [1.807, 2.05) is 28.8 Å². The molecule has 1 amide bonds. The SMILES string of the molecule is COc1ccc(-n2cnnc2SCC(=O)NCc2ccc(CN3CCc4ccccc43)cc2)cc1. The van der Waals surface area contributed by atoms with Gasteiger partial charge in [-0.1, -0.05) is 54.2 Å². The van der Waals surface area contributed by atoms with Crippen molar-refractivity contribution in [2.24, 2.45) is 0 Å². The van der Waals surface area contributed by atoms with Crippen LogP contribution >= 0.6 is 11.8 Å². The molecular formula is C27H27N5O2S. The number of methoxy groups -OCH3 is 1. The Balaban J connectivity index is 1.10. The third-order valence-corrected chi connectivity index (χ3v) is 7.01. The number of carbonyl (C=O) groups is 1. The molecule has 0 saturated heterocycles. The van der Waals surface area contributed by atoms with Crippen molar-refractivity contribution in [1.29, 1.82) is 0 Å². The summed E-state index contributed by atoms with van der Waals surface area (Å²) in [6.45, 7) is 2.45. The summed E-state index contributed by atoms with van der Waals surface area (Å²) < 4.78 is 7.06. The second-order valence-electron chi connectivity index (χ2n) is 8.36. The number of para-hydroxylation sites is 1. The van der Waals surface area contributed by atoms with Gasteiger partial charge >= 0.3 is 0 Å². The van der Waals surface area contributed by atoms with E-state index in [0.29, 0.717) is 11.7 Å². The number of hydrogen-bond donors (Lipinski definition) is 1. The van der Waals surface area contributed by atoms with E-state index in [1.165, 1.54) is 28.6 Å². The second-order valence-corrected chi connectivity index (χ2v) is 9.31. The van der Waals surface area contributed by atoms with Crippen molar-refractivity contribution in [3.05, 3.63) is 95.8 Å². The first-order valence-electron chi connectivity index (χ1n) is 11.5. The molecule has 0 unspecified atom stereocenters. The van der Waals surface area contributed by atoms with Crippen molar-refractivity contribution < 1.29 is 9.53 Å². The topological polar surface area (TPSA) is 72.3 Å². The Kier molecular flexibility index (Phi) is 6.99. The van der Waals surface area contributed by atoms with E-state index in [0.717, 1.165) is 36.5 Å². The van der Waals surface area contributed by atoms with Crippen LogP contribution in [0.3, 0.4) is 0 Å². The van der Waals surface area contributed by atoms with Gasteiger partial charge in [0, 0.05) is 31.0 Å². The number of aromatic nitrogens is 3.